The largest absolute Gasteiger partial charge is 0.355 e. The average molecular weight is 186 g/mol. The summed E-state index contributed by atoms with van der Waals surface area (Å²) in [5.74, 6) is 0.00176. The van der Waals surface area contributed by atoms with E-state index in [1.54, 1.807) is 0 Å². The molecular formula is C10H22N2O. The van der Waals surface area contributed by atoms with E-state index < -0.39 is 0 Å². The van der Waals surface area contributed by atoms with E-state index >= 15 is 0 Å². The topological polar surface area (TPSA) is 55.1 Å². The lowest BCUT2D eigenvalue weighted by molar-refractivity contribution is -0.122. The summed E-state index contributed by atoms with van der Waals surface area (Å²) < 4.78 is 0. The number of carbonyl (C=O) groups is 1. The molecule has 0 aliphatic carbocycles. The van der Waals surface area contributed by atoms with Gasteiger partial charge in [0.25, 0.3) is 0 Å². The predicted octanol–water partition coefficient (Wildman–Crippen LogP) is 1.42. The van der Waals surface area contributed by atoms with Crippen LogP contribution in [0, 0.1) is 0 Å². The number of unbranched alkanes of at least 4 members (excludes halogenated alkanes) is 2. The van der Waals surface area contributed by atoms with E-state index in [2.05, 4.69) is 19.2 Å². The Morgan fingerprint density at radius 2 is 1.92 bits per heavy atom. The lowest BCUT2D eigenvalue weighted by Gasteiger charge is -2.10. The third kappa shape index (κ3) is 6.58. The van der Waals surface area contributed by atoms with Crippen LogP contribution in [-0.2, 0) is 4.79 Å². The quantitative estimate of drug-likeness (QED) is 0.591. The van der Waals surface area contributed by atoms with Gasteiger partial charge in [-0.2, -0.15) is 0 Å². The molecule has 0 aliphatic heterocycles. The van der Waals surface area contributed by atoms with Gasteiger partial charge in [0, 0.05) is 6.54 Å². The number of rotatable bonds is 7. The molecule has 3 nitrogen and oxygen atoms in total. The van der Waals surface area contributed by atoms with Crippen molar-refractivity contribution in [3.8, 4) is 0 Å². The molecule has 3 heteroatoms. The van der Waals surface area contributed by atoms with Crippen LogP contribution in [0.4, 0.5) is 0 Å². The molecule has 0 radical (unpaired) electrons. The lowest BCUT2D eigenvalue weighted by Crippen LogP contribution is -2.40. The van der Waals surface area contributed by atoms with E-state index in [0.717, 1.165) is 38.6 Å². The molecule has 0 aromatic heterocycles. The van der Waals surface area contributed by atoms with Gasteiger partial charge >= 0.3 is 0 Å². The van der Waals surface area contributed by atoms with Crippen LogP contribution in [0.15, 0.2) is 0 Å². The summed E-state index contributed by atoms with van der Waals surface area (Å²) in [7, 11) is 0. The number of nitrogens with two attached hydrogens (primary N) is 1. The Morgan fingerprint density at radius 3 is 2.46 bits per heavy atom. The fraction of sp³-hybridized carbons (Fsp3) is 0.900. The number of hydrogen-bond acceptors (Lipinski definition) is 2. The molecule has 1 unspecified atom stereocenters. The summed E-state index contributed by atoms with van der Waals surface area (Å²) in [6.07, 6.45) is 5.06. The summed E-state index contributed by atoms with van der Waals surface area (Å²) in [6, 6.07) is -0.309. The standard InChI is InChI=1S/C10H22N2O/c1-3-5-7-9(11)10(13)12-8-6-4-2/h9H,3-8,11H2,1-2H3,(H,12,13). The van der Waals surface area contributed by atoms with E-state index in [1.807, 2.05) is 0 Å². The smallest absolute Gasteiger partial charge is 0.236 e. The lowest BCUT2D eigenvalue weighted by atomic mass is 10.1. The summed E-state index contributed by atoms with van der Waals surface area (Å²) in [5.41, 5.74) is 5.67. The highest BCUT2D eigenvalue weighted by Crippen LogP contribution is 1.97. The van der Waals surface area contributed by atoms with Crippen molar-refractivity contribution in [1.29, 1.82) is 0 Å². The molecule has 78 valence electrons. The van der Waals surface area contributed by atoms with Crippen molar-refractivity contribution in [3.63, 3.8) is 0 Å². The highest BCUT2D eigenvalue weighted by Gasteiger charge is 2.10. The van der Waals surface area contributed by atoms with Crippen LogP contribution in [0.1, 0.15) is 46.0 Å². The first-order valence-electron chi connectivity index (χ1n) is 5.25. The van der Waals surface area contributed by atoms with Gasteiger partial charge in [0.15, 0.2) is 0 Å². The predicted molar refractivity (Wildman–Crippen MR) is 55.4 cm³/mol. The number of amides is 1. The Labute approximate surface area is 81.1 Å². The molecule has 0 fully saturated rings. The first-order valence-corrected chi connectivity index (χ1v) is 5.25. The molecule has 0 spiro atoms. The van der Waals surface area contributed by atoms with E-state index in [1.165, 1.54) is 0 Å². The monoisotopic (exact) mass is 186 g/mol. The third-order valence-corrected chi connectivity index (χ3v) is 2.04. The second kappa shape index (κ2) is 8.05. The van der Waals surface area contributed by atoms with Crippen molar-refractivity contribution in [3.05, 3.63) is 0 Å². The van der Waals surface area contributed by atoms with Crippen molar-refractivity contribution in [2.75, 3.05) is 6.54 Å². The molecule has 0 aromatic rings. The molecule has 0 aliphatic rings. The van der Waals surface area contributed by atoms with Crippen molar-refractivity contribution in [2.24, 2.45) is 5.73 Å². The normalized spacial score (nSPS) is 12.5. The van der Waals surface area contributed by atoms with Gasteiger partial charge in [-0.05, 0) is 12.8 Å². The van der Waals surface area contributed by atoms with E-state index in [9.17, 15) is 4.79 Å². The molecular weight excluding hydrogens is 164 g/mol. The summed E-state index contributed by atoms with van der Waals surface area (Å²) in [5, 5.41) is 2.83. The Morgan fingerprint density at radius 1 is 1.31 bits per heavy atom. The van der Waals surface area contributed by atoms with Gasteiger partial charge in [0.05, 0.1) is 6.04 Å². The average Bonchev–Trinajstić information content (AvgIpc) is 2.14. The van der Waals surface area contributed by atoms with Gasteiger partial charge in [0.1, 0.15) is 0 Å². The molecule has 0 bridgehead atoms. The van der Waals surface area contributed by atoms with Gasteiger partial charge in [-0.25, -0.2) is 0 Å². The molecule has 3 N–H and O–H groups in total. The van der Waals surface area contributed by atoms with Crippen LogP contribution in [0.25, 0.3) is 0 Å². The summed E-state index contributed by atoms with van der Waals surface area (Å²) in [6.45, 7) is 4.96. The van der Waals surface area contributed by atoms with Gasteiger partial charge in [-0.3, -0.25) is 4.79 Å². The zero-order valence-corrected chi connectivity index (χ0v) is 8.81. The SMILES string of the molecule is CCCCNC(=O)C(N)CCCC. The maximum absolute atomic E-state index is 11.3. The minimum atomic E-state index is -0.309. The Bertz CT molecular complexity index is 137. The molecule has 1 atom stereocenters. The highest BCUT2D eigenvalue weighted by atomic mass is 16.2. The summed E-state index contributed by atoms with van der Waals surface area (Å²) in [4.78, 5) is 11.3. The Kier molecular flexibility index (Phi) is 7.69. The van der Waals surface area contributed by atoms with E-state index in [-0.39, 0.29) is 11.9 Å². The Hall–Kier alpha value is -0.570. The molecule has 0 saturated carbocycles. The first kappa shape index (κ1) is 12.4. The van der Waals surface area contributed by atoms with Crippen molar-refractivity contribution in [2.45, 2.75) is 52.0 Å². The highest BCUT2D eigenvalue weighted by molar-refractivity contribution is 5.81. The maximum atomic E-state index is 11.3. The minimum Gasteiger partial charge on any atom is -0.355 e. The molecule has 1 amide bonds. The maximum Gasteiger partial charge on any atom is 0.236 e. The fourth-order valence-corrected chi connectivity index (χ4v) is 1.07. The van der Waals surface area contributed by atoms with Crippen molar-refractivity contribution < 1.29 is 4.79 Å². The van der Waals surface area contributed by atoms with Crippen LogP contribution >= 0.6 is 0 Å². The minimum absolute atomic E-state index is 0.00176. The van der Waals surface area contributed by atoms with Gasteiger partial charge < -0.3 is 11.1 Å². The van der Waals surface area contributed by atoms with E-state index in [4.69, 9.17) is 5.73 Å². The Balaban J connectivity index is 3.45. The van der Waals surface area contributed by atoms with Crippen molar-refractivity contribution >= 4 is 5.91 Å². The number of nitrogens with one attached hydrogen (secondary N) is 1. The first-order chi connectivity index (χ1) is 6.22. The molecule has 0 heterocycles. The third-order valence-electron chi connectivity index (χ3n) is 2.04. The zero-order chi connectivity index (χ0) is 10.1. The number of carbonyl (C=O) groups excluding carboxylic acids is 1. The fourth-order valence-electron chi connectivity index (χ4n) is 1.07. The molecule has 0 rings (SSSR count). The zero-order valence-electron chi connectivity index (χ0n) is 8.81. The van der Waals surface area contributed by atoms with Crippen LogP contribution in [0.5, 0.6) is 0 Å². The van der Waals surface area contributed by atoms with Gasteiger partial charge in [-0.15, -0.1) is 0 Å². The van der Waals surface area contributed by atoms with Gasteiger partial charge in [-0.1, -0.05) is 33.1 Å². The number of hydrogen-bond donors (Lipinski definition) is 2. The molecule has 0 aromatic carbocycles. The second-order valence-corrected chi connectivity index (χ2v) is 3.39. The van der Waals surface area contributed by atoms with Crippen molar-refractivity contribution in [1.82, 2.24) is 5.32 Å². The van der Waals surface area contributed by atoms with Gasteiger partial charge in [0.2, 0.25) is 5.91 Å². The van der Waals surface area contributed by atoms with Crippen LogP contribution in [0.2, 0.25) is 0 Å². The molecule has 13 heavy (non-hydrogen) atoms. The second-order valence-electron chi connectivity index (χ2n) is 3.39. The van der Waals surface area contributed by atoms with Crippen LogP contribution < -0.4 is 11.1 Å². The van der Waals surface area contributed by atoms with Crippen LogP contribution in [0.3, 0.4) is 0 Å². The summed E-state index contributed by atoms with van der Waals surface area (Å²) >= 11 is 0. The van der Waals surface area contributed by atoms with Crippen LogP contribution in [-0.4, -0.2) is 18.5 Å². The van der Waals surface area contributed by atoms with E-state index in [0.29, 0.717) is 0 Å². The molecule has 0 saturated heterocycles.